The Morgan fingerprint density at radius 2 is 1.83 bits per heavy atom. The van der Waals surface area contributed by atoms with Crippen LogP contribution < -0.4 is 11.2 Å². The molecule has 0 saturated heterocycles. The highest BCUT2D eigenvalue weighted by Gasteiger charge is 2.23. The molecule has 0 aliphatic rings. The third kappa shape index (κ3) is 2.29. The molecule has 120 valence electrons. The Kier molecular flexibility index (Phi) is 3.59. The second kappa shape index (κ2) is 5.77. The van der Waals surface area contributed by atoms with Crippen LogP contribution >= 0.6 is 22.7 Å². The highest BCUT2D eigenvalue weighted by molar-refractivity contribution is 7.17. The van der Waals surface area contributed by atoms with Crippen LogP contribution in [0.25, 0.3) is 10.2 Å². The van der Waals surface area contributed by atoms with Crippen molar-refractivity contribution in [2.45, 2.75) is 5.92 Å². The predicted octanol–water partition coefficient (Wildman–Crippen LogP) is 3.23. The Hall–Kier alpha value is -2.64. The van der Waals surface area contributed by atoms with Gasteiger partial charge in [-0.2, -0.15) is 11.3 Å². The fraction of sp³-hybridized carbons (Fsp3) is 0.0588. The molecular weight excluding hydrogens is 344 g/mol. The summed E-state index contributed by atoms with van der Waals surface area (Å²) in [5.74, 6) is -0.0872. The highest BCUT2D eigenvalue weighted by Crippen LogP contribution is 2.37. The summed E-state index contributed by atoms with van der Waals surface area (Å²) in [6, 6.07) is 12.0. The van der Waals surface area contributed by atoms with Gasteiger partial charge in [0.1, 0.15) is 4.70 Å². The minimum Gasteiger partial charge on any atom is -0.421 e. The van der Waals surface area contributed by atoms with E-state index in [1.807, 2.05) is 47.2 Å². The van der Waals surface area contributed by atoms with Crippen molar-refractivity contribution in [2.24, 2.45) is 0 Å². The first-order valence-electron chi connectivity index (χ1n) is 7.19. The second-order valence-electron chi connectivity index (χ2n) is 5.34. The quantitative estimate of drug-likeness (QED) is 0.554. The molecule has 3 aromatic heterocycles. The number of fused-ring (bicyclic) bond motifs is 1. The Morgan fingerprint density at radius 1 is 1.04 bits per heavy atom. The Balaban J connectivity index is 2.03. The van der Waals surface area contributed by atoms with Crippen molar-refractivity contribution >= 4 is 32.9 Å². The van der Waals surface area contributed by atoms with Crippen LogP contribution in [-0.2, 0) is 0 Å². The smallest absolute Gasteiger partial charge is 0.362 e. The average Bonchev–Trinajstić information content (AvgIpc) is 3.25. The normalized spacial score (nSPS) is 12.5. The van der Waals surface area contributed by atoms with E-state index in [2.05, 4.69) is 10.4 Å². The van der Waals surface area contributed by atoms with Crippen LogP contribution in [0.3, 0.4) is 0 Å². The van der Waals surface area contributed by atoms with E-state index in [0.29, 0.717) is 10.2 Å². The lowest BCUT2D eigenvalue weighted by atomic mass is 9.87. The Bertz CT molecular complexity index is 1110. The van der Waals surface area contributed by atoms with Crippen molar-refractivity contribution in [3.05, 3.63) is 90.1 Å². The summed E-state index contributed by atoms with van der Waals surface area (Å²) in [7, 11) is 0. The lowest BCUT2D eigenvalue weighted by molar-refractivity contribution is 0.163. The van der Waals surface area contributed by atoms with Crippen LogP contribution in [0.5, 0.6) is 0 Å². The van der Waals surface area contributed by atoms with Crippen LogP contribution in [0.1, 0.15) is 22.6 Å². The van der Waals surface area contributed by atoms with E-state index in [0.717, 1.165) is 16.7 Å². The first kappa shape index (κ1) is 14.9. The molecule has 0 amide bonds. The van der Waals surface area contributed by atoms with Crippen LogP contribution in [-0.4, -0.2) is 14.9 Å². The third-order valence-corrected chi connectivity index (χ3v) is 5.64. The summed E-state index contributed by atoms with van der Waals surface area (Å²) < 4.78 is 0.452. The highest BCUT2D eigenvalue weighted by atomic mass is 32.1. The van der Waals surface area contributed by atoms with Gasteiger partial charge in [-0.1, -0.05) is 35.1 Å². The number of aromatic amines is 1. The molecule has 7 heteroatoms. The number of rotatable bonds is 3. The topological polar surface area (TPSA) is 75.1 Å². The molecule has 4 rings (SSSR count). The summed E-state index contributed by atoms with van der Waals surface area (Å²) >= 11 is 2.82. The van der Waals surface area contributed by atoms with Gasteiger partial charge in [0.2, 0.25) is 0 Å². The summed E-state index contributed by atoms with van der Waals surface area (Å²) in [5, 5.41) is 15.5. The molecule has 5 nitrogen and oxygen atoms in total. The number of hydrogen-bond donors (Lipinski definition) is 2. The van der Waals surface area contributed by atoms with E-state index < -0.39 is 11.2 Å². The van der Waals surface area contributed by atoms with Gasteiger partial charge in [0.05, 0.1) is 5.52 Å². The monoisotopic (exact) mass is 356 g/mol. The molecule has 4 aromatic rings. The molecule has 0 fully saturated rings. The lowest BCUT2D eigenvalue weighted by Gasteiger charge is -2.16. The van der Waals surface area contributed by atoms with Crippen molar-refractivity contribution in [2.75, 3.05) is 0 Å². The number of aromatic nitrogens is 2. The van der Waals surface area contributed by atoms with Gasteiger partial charge in [-0.25, -0.2) is 4.79 Å². The standard InChI is InChI=1S/C17H12N2O3S2/c20-16-15-14(18-17(21)19(16)22)12(9-24-15)13(11-6-7-23-8-11)10-4-2-1-3-5-10/h1-9,13,22H,(H,18,21). The van der Waals surface area contributed by atoms with Gasteiger partial charge in [0.25, 0.3) is 0 Å². The number of benzene rings is 1. The van der Waals surface area contributed by atoms with Gasteiger partial charge in [-0.15, -0.1) is 11.3 Å². The SMILES string of the molecule is O=c1[nH]c2c(C(c3ccccc3)c3ccsc3)csc2c(=O)n1O. The zero-order valence-corrected chi connectivity index (χ0v) is 13.9. The summed E-state index contributed by atoms with van der Waals surface area (Å²) in [5.41, 5.74) is 1.99. The summed E-state index contributed by atoms with van der Waals surface area (Å²) in [6.07, 6.45) is 0. The van der Waals surface area contributed by atoms with E-state index in [-0.39, 0.29) is 10.6 Å². The van der Waals surface area contributed by atoms with Crippen molar-refractivity contribution in [3.8, 4) is 0 Å². The fourth-order valence-corrected chi connectivity index (χ4v) is 4.51. The van der Waals surface area contributed by atoms with Crippen molar-refractivity contribution in [1.29, 1.82) is 0 Å². The summed E-state index contributed by atoms with van der Waals surface area (Å²) in [4.78, 5) is 26.6. The van der Waals surface area contributed by atoms with Crippen LogP contribution in [0, 0.1) is 0 Å². The van der Waals surface area contributed by atoms with E-state index in [4.69, 9.17) is 0 Å². The first-order valence-corrected chi connectivity index (χ1v) is 9.02. The van der Waals surface area contributed by atoms with Gasteiger partial charge in [-0.05, 0) is 38.9 Å². The van der Waals surface area contributed by atoms with Crippen molar-refractivity contribution in [1.82, 2.24) is 9.71 Å². The number of H-pyrrole nitrogens is 1. The molecule has 0 aliphatic carbocycles. The predicted molar refractivity (Wildman–Crippen MR) is 95.6 cm³/mol. The second-order valence-corrected chi connectivity index (χ2v) is 7.00. The van der Waals surface area contributed by atoms with Gasteiger partial charge in [0, 0.05) is 5.92 Å². The molecule has 1 unspecified atom stereocenters. The molecule has 3 heterocycles. The van der Waals surface area contributed by atoms with E-state index in [9.17, 15) is 14.8 Å². The third-order valence-electron chi connectivity index (χ3n) is 3.95. The minimum absolute atomic E-state index is 0.0872. The number of nitrogens with zero attached hydrogens (tertiary/aromatic N) is 1. The van der Waals surface area contributed by atoms with Gasteiger partial charge in [0.15, 0.2) is 0 Å². The van der Waals surface area contributed by atoms with E-state index >= 15 is 0 Å². The van der Waals surface area contributed by atoms with Crippen LogP contribution in [0.15, 0.2) is 62.1 Å². The Labute approximate surface area is 144 Å². The van der Waals surface area contributed by atoms with Gasteiger partial charge in [-0.3, -0.25) is 4.79 Å². The van der Waals surface area contributed by atoms with Crippen LogP contribution in [0.2, 0.25) is 0 Å². The van der Waals surface area contributed by atoms with Crippen molar-refractivity contribution < 1.29 is 5.21 Å². The average molecular weight is 356 g/mol. The molecule has 1 aromatic carbocycles. The number of hydrogen-bond acceptors (Lipinski definition) is 5. The molecule has 0 aliphatic heterocycles. The maximum absolute atomic E-state index is 12.1. The molecule has 0 radical (unpaired) electrons. The minimum atomic E-state index is -0.829. The Morgan fingerprint density at radius 3 is 2.54 bits per heavy atom. The zero-order chi connectivity index (χ0) is 16.7. The molecular formula is C17H12N2O3S2. The molecule has 24 heavy (non-hydrogen) atoms. The van der Waals surface area contributed by atoms with Crippen LogP contribution in [0.4, 0.5) is 0 Å². The largest absolute Gasteiger partial charge is 0.421 e. The maximum Gasteiger partial charge on any atom is 0.362 e. The fourth-order valence-electron chi connectivity index (χ4n) is 2.85. The van der Waals surface area contributed by atoms with E-state index in [1.165, 1.54) is 11.3 Å². The molecule has 0 saturated carbocycles. The van der Waals surface area contributed by atoms with E-state index in [1.54, 1.807) is 11.3 Å². The van der Waals surface area contributed by atoms with Crippen molar-refractivity contribution in [3.63, 3.8) is 0 Å². The molecule has 1 atom stereocenters. The molecule has 2 N–H and O–H groups in total. The first-order chi connectivity index (χ1) is 11.7. The molecule has 0 spiro atoms. The summed E-state index contributed by atoms with van der Waals surface area (Å²) in [6.45, 7) is 0. The number of thiophene rings is 2. The molecule has 0 bridgehead atoms. The van der Waals surface area contributed by atoms with Gasteiger partial charge >= 0.3 is 11.2 Å². The van der Waals surface area contributed by atoms with Gasteiger partial charge < -0.3 is 10.2 Å². The maximum atomic E-state index is 12.1. The zero-order valence-electron chi connectivity index (χ0n) is 12.3. The lowest BCUT2D eigenvalue weighted by Crippen LogP contribution is -2.32. The number of nitrogens with one attached hydrogen (secondary N) is 1.